The number of nitrogens with zero attached hydrogens (tertiary/aromatic N) is 2. The lowest BCUT2D eigenvalue weighted by Crippen LogP contribution is -2.45. The van der Waals surface area contributed by atoms with E-state index in [9.17, 15) is 4.79 Å². The molecule has 1 atom stereocenters. The van der Waals surface area contributed by atoms with Gasteiger partial charge in [-0.05, 0) is 25.5 Å². The van der Waals surface area contributed by atoms with Gasteiger partial charge in [0.1, 0.15) is 0 Å². The van der Waals surface area contributed by atoms with Crippen LogP contribution in [-0.2, 0) is 13.0 Å². The first-order valence-corrected chi connectivity index (χ1v) is 8.33. The molecule has 2 aromatic rings. The van der Waals surface area contributed by atoms with Crippen LogP contribution in [-0.4, -0.2) is 33.7 Å². The fourth-order valence-corrected chi connectivity index (χ4v) is 2.85. The van der Waals surface area contributed by atoms with Crippen LogP contribution < -0.4 is 5.32 Å². The first kappa shape index (κ1) is 15.9. The van der Waals surface area contributed by atoms with Crippen molar-refractivity contribution < 1.29 is 4.79 Å². The van der Waals surface area contributed by atoms with Crippen molar-refractivity contribution in [1.82, 2.24) is 20.4 Å². The molecule has 0 radical (unpaired) electrons. The molecule has 1 aromatic heterocycles. The maximum Gasteiger partial charge on any atom is 0.317 e. The van der Waals surface area contributed by atoms with E-state index in [2.05, 4.69) is 22.4 Å². The molecule has 3 rings (SSSR count). The Labute approximate surface area is 141 Å². The van der Waals surface area contributed by atoms with Crippen LogP contribution in [0.5, 0.6) is 0 Å². The summed E-state index contributed by atoms with van der Waals surface area (Å²) in [4.78, 5) is 14.2. The van der Waals surface area contributed by atoms with E-state index in [4.69, 9.17) is 11.6 Å². The average Bonchev–Trinajstić information content (AvgIpc) is 2.98. The Morgan fingerprint density at radius 1 is 1.43 bits per heavy atom. The van der Waals surface area contributed by atoms with E-state index in [0.717, 1.165) is 35.4 Å². The van der Waals surface area contributed by atoms with Crippen molar-refractivity contribution in [3.8, 4) is 11.3 Å². The van der Waals surface area contributed by atoms with Gasteiger partial charge >= 0.3 is 6.03 Å². The molecule has 1 unspecified atom stereocenters. The van der Waals surface area contributed by atoms with Crippen LogP contribution in [0.4, 0.5) is 4.79 Å². The topological polar surface area (TPSA) is 61.0 Å². The zero-order valence-corrected chi connectivity index (χ0v) is 14.2. The van der Waals surface area contributed by atoms with Gasteiger partial charge in [0.05, 0.1) is 12.2 Å². The van der Waals surface area contributed by atoms with Crippen LogP contribution in [0.15, 0.2) is 24.3 Å². The summed E-state index contributed by atoms with van der Waals surface area (Å²) in [5.41, 5.74) is 4.12. The molecule has 2 N–H and O–H groups in total. The standard InChI is InChI=1S/C17H21ClN4O/c1-3-11(2)19-17(23)22-9-8-15-14(10-22)16(21-20-15)12-4-6-13(18)7-5-12/h4-7,11H,3,8-10H2,1-2H3,(H,19,23)(H,20,21). The Hall–Kier alpha value is -2.01. The molecule has 0 bridgehead atoms. The Morgan fingerprint density at radius 2 is 2.17 bits per heavy atom. The number of H-pyrrole nitrogens is 1. The molecule has 6 heteroatoms. The third-order valence-corrected chi connectivity index (χ3v) is 4.57. The first-order valence-electron chi connectivity index (χ1n) is 7.96. The van der Waals surface area contributed by atoms with Crippen molar-refractivity contribution >= 4 is 17.6 Å². The van der Waals surface area contributed by atoms with Gasteiger partial charge in [0.25, 0.3) is 0 Å². The number of hydrogen-bond acceptors (Lipinski definition) is 2. The molecule has 0 saturated heterocycles. The number of hydrogen-bond donors (Lipinski definition) is 2. The predicted octanol–water partition coefficient (Wildman–Crippen LogP) is 3.60. The van der Waals surface area contributed by atoms with Crippen LogP contribution in [0, 0.1) is 0 Å². The highest BCUT2D eigenvalue weighted by Crippen LogP contribution is 2.29. The summed E-state index contributed by atoms with van der Waals surface area (Å²) in [6.45, 7) is 5.36. The van der Waals surface area contributed by atoms with Gasteiger partial charge in [-0.25, -0.2) is 4.79 Å². The van der Waals surface area contributed by atoms with E-state index in [-0.39, 0.29) is 12.1 Å². The Morgan fingerprint density at radius 3 is 2.87 bits per heavy atom. The van der Waals surface area contributed by atoms with Crippen molar-refractivity contribution in [2.24, 2.45) is 0 Å². The Bertz CT molecular complexity index is 695. The normalized spacial score (nSPS) is 15.2. The minimum Gasteiger partial charge on any atom is -0.336 e. The molecule has 0 aliphatic carbocycles. The van der Waals surface area contributed by atoms with E-state index >= 15 is 0 Å². The summed E-state index contributed by atoms with van der Waals surface area (Å²) in [6.07, 6.45) is 1.72. The third kappa shape index (κ3) is 3.34. The summed E-state index contributed by atoms with van der Waals surface area (Å²) in [5.74, 6) is 0. The van der Waals surface area contributed by atoms with E-state index in [1.54, 1.807) is 0 Å². The summed E-state index contributed by atoms with van der Waals surface area (Å²) >= 11 is 5.95. The van der Waals surface area contributed by atoms with Crippen molar-refractivity contribution in [2.75, 3.05) is 6.54 Å². The average molecular weight is 333 g/mol. The van der Waals surface area contributed by atoms with Crippen LogP contribution in [0.1, 0.15) is 31.5 Å². The SMILES string of the molecule is CCC(C)NC(=O)N1CCc2[nH]nc(-c3ccc(Cl)cc3)c2C1. The number of urea groups is 1. The third-order valence-electron chi connectivity index (χ3n) is 4.32. The van der Waals surface area contributed by atoms with Gasteiger partial charge in [-0.2, -0.15) is 5.10 Å². The van der Waals surface area contributed by atoms with Crippen LogP contribution in [0.25, 0.3) is 11.3 Å². The number of aromatic amines is 1. The minimum absolute atomic E-state index is 0.00624. The van der Waals surface area contributed by atoms with E-state index < -0.39 is 0 Å². The van der Waals surface area contributed by atoms with Gasteiger partial charge in [-0.15, -0.1) is 0 Å². The van der Waals surface area contributed by atoms with Gasteiger partial charge in [-0.3, -0.25) is 5.10 Å². The highest BCUT2D eigenvalue weighted by Gasteiger charge is 2.26. The zero-order chi connectivity index (χ0) is 16.4. The first-order chi connectivity index (χ1) is 11.1. The second-order valence-electron chi connectivity index (χ2n) is 5.97. The Kier molecular flexibility index (Phi) is 4.57. The highest BCUT2D eigenvalue weighted by atomic mass is 35.5. The molecule has 1 aromatic carbocycles. The number of aromatic nitrogens is 2. The number of amides is 2. The number of carbonyl (C=O) groups excluding carboxylic acids is 1. The molecule has 0 fully saturated rings. The second kappa shape index (κ2) is 6.62. The van der Waals surface area contributed by atoms with Crippen molar-refractivity contribution in [2.45, 2.75) is 39.3 Å². The molecular formula is C17H21ClN4O. The Balaban J connectivity index is 1.81. The van der Waals surface area contributed by atoms with E-state index in [1.165, 1.54) is 0 Å². The van der Waals surface area contributed by atoms with Crippen LogP contribution in [0.2, 0.25) is 5.02 Å². The monoisotopic (exact) mass is 332 g/mol. The fraction of sp³-hybridized carbons (Fsp3) is 0.412. The van der Waals surface area contributed by atoms with Gasteiger partial charge in [0.15, 0.2) is 0 Å². The molecule has 23 heavy (non-hydrogen) atoms. The number of fused-ring (bicyclic) bond motifs is 1. The number of halogens is 1. The van der Waals surface area contributed by atoms with Crippen molar-refractivity contribution in [1.29, 1.82) is 0 Å². The van der Waals surface area contributed by atoms with Crippen molar-refractivity contribution in [3.05, 3.63) is 40.5 Å². The number of carbonyl (C=O) groups is 1. The van der Waals surface area contributed by atoms with Gasteiger partial charge in [-0.1, -0.05) is 30.7 Å². The fourth-order valence-electron chi connectivity index (χ4n) is 2.72. The maximum atomic E-state index is 12.4. The smallest absolute Gasteiger partial charge is 0.317 e. The van der Waals surface area contributed by atoms with Gasteiger partial charge in [0.2, 0.25) is 0 Å². The van der Waals surface area contributed by atoms with Gasteiger partial charge < -0.3 is 10.2 Å². The summed E-state index contributed by atoms with van der Waals surface area (Å²) in [6, 6.07) is 7.80. The second-order valence-corrected chi connectivity index (χ2v) is 6.40. The molecule has 5 nitrogen and oxygen atoms in total. The van der Waals surface area contributed by atoms with Crippen molar-refractivity contribution in [3.63, 3.8) is 0 Å². The summed E-state index contributed by atoms with van der Waals surface area (Å²) in [7, 11) is 0. The molecule has 122 valence electrons. The van der Waals surface area contributed by atoms with E-state index in [0.29, 0.717) is 18.1 Å². The van der Waals surface area contributed by atoms with Crippen LogP contribution >= 0.6 is 11.6 Å². The molecule has 0 spiro atoms. The van der Waals surface area contributed by atoms with Gasteiger partial charge in [0, 0.05) is 40.9 Å². The number of benzene rings is 1. The lowest BCUT2D eigenvalue weighted by Gasteiger charge is -2.28. The highest BCUT2D eigenvalue weighted by molar-refractivity contribution is 6.30. The zero-order valence-electron chi connectivity index (χ0n) is 13.4. The predicted molar refractivity (Wildman–Crippen MR) is 91.4 cm³/mol. The quantitative estimate of drug-likeness (QED) is 0.902. The number of nitrogens with one attached hydrogen (secondary N) is 2. The maximum absolute atomic E-state index is 12.4. The van der Waals surface area contributed by atoms with Crippen LogP contribution in [0.3, 0.4) is 0 Å². The molecule has 1 aliphatic rings. The molecule has 1 aliphatic heterocycles. The largest absolute Gasteiger partial charge is 0.336 e. The molecular weight excluding hydrogens is 312 g/mol. The molecule has 2 heterocycles. The summed E-state index contributed by atoms with van der Waals surface area (Å²) in [5, 5.41) is 11.3. The minimum atomic E-state index is -0.00624. The lowest BCUT2D eigenvalue weighted by atomic mass is 10.0. The molecule has 2 amide bonds. The van der Waals surface area contributed by atoms with E-state index in [1.807, 2.05) is 36.1 Å². The summed E-state index contributed by atoms with van der Waals surface area (Å²) < 4.78 is 0. The molecule has 0 saturated carbocycles. The lowest BCUT2D eigenvalue weighted by molar-refractivity contribution is 0.188. The number of rotatable bonds is 3.